The first-order valence-electron chi connectivity index (χ1n) is 3.66. The van der Waals surface area contributed by atoms with Crippen LogP contribution in [-0.4, -0.2) is 12.1 Å². The molecule has 54 valence electrons. The summed E-state index contributed by atoms with van der Waals surface area (Å²) in [7, 11) is 0. The van der Waals surface area contributed by atoms with E-state index in [1.54, 1.807) is 0 Å². The molecule has 0 aromatic carbocycles. The maximum absolute atomic E-state index is 11.0. The molecule has 1 aliphatic carbocycles. The molecule has 0 spiro atoms. The number of carbonyl (C=O) groups is 1. The minimum Gasteiger partial charge on any atom is -0.458 e. The number of fused-ring (bicyclic) bond motifs is 2. The minimum atomic E-state index is -0.0116. The quantitative estimate of drug-likeness (QED) is 0.370. The van der Waals surface area contributed by atoms with E-state index in [1.807, 2.05) is 6.08 Å². The molecule has 0 amide bonds. The molecule has 0 N–H and O–H groups in total. The smallest absolute Gasteiger partial charge is 0.310 e. The highest BCUT2D eigenvalue weighted by Crippen LogP contribution is 2.33. The largest absolute Gasteiger partial charge is 0.458 e. The Labute approximate surface area is 59.9 Å². The van der Waals surface area contributed by atoms with Crippen LogP contribution in [0.4, 0.5) is 0 Å². The Balaban J connectivity index is 2.28. The van der Waals surface area contributed by atoms with Gasteiger partial charge in [-0.25, -0.2) is 0 Å². The highest BCUT2D eigenvalue weighted by atomic mass is 16.5. The second kappa shape index (κ2) is 1.84. The molecule has 0 radical (unpaired) electrons. The number of hydrogen-bond donors (Lipinski definition) is 0. The van der Waals surface area contributed by atoms with Crippen molar-refractivity contribution in [2.24, 2.45) is 11.8 Å². The van der Waals surface area contributed by atoms with E-state index in [0.29, 0.717) is 5.92 Å². The first-order valence-corrected chi connectivity index (χ1v) is 3.66. The zero-order chi connectivity index (χ0) is 7.14. The van der Waals surface area contributed by atoms with Gasteiger partial charge < -0.3 is 4.74 Å². The van der Waals surface area contributed by atoms with E-state index in [-0.39, 0.29) is 18.0 Å². The van der Waals surface area contributed by atoms with E-state index >= 15 is 0 Å². The van der Waals surface area contributed by atoms with Crippen molar-refractivity contribution in [2.75, 3.05) is 0 Å². The summed E-state index contributed by atoms with van der Waals surface area (Å²) in [6.45, 7) is 2.06. The molecular weight excluding hydrogens is 128 g/mol. The van der Waals surface area contributed by atoms with Gasteiger partial charge in [-0.2, -0.15) is 0 Å². The van der Waals surface area contributed by atoms with Gasteiger partial charge in [-0.1, -0.05) is 13.0 Å². The fourth-order valence-electron chi connectivity index (χ4n) is 1.61. The zero-order valence-electron chi connectivity index (χ0n) is 5.91. The van der Waals surface area contributed by atoms with Crippen LogP contribution >= 0.6 is 0 Å². The average molecular weight is 138 g/mol. The van der Waals surface area contributed by atoms with Crippen molar-refractivity contribution >= 4 is 5.97 Å². The van der Waals surface area contributed by atoms with Crippen molar-refractivity contribution in [2.45, 2.75) is 19.4 Å². The molecule has 1 saturated heterocycles. The molecule has 0 aromatic rings. The van der Waals surface area contributed by atoms with E-state index in [2.05, 4.69) is 13.0 Å². The van der Waals surface area contributed by atoms with Crippen molar-refractivity contribution < 1.29 is 9.53 Å². The van der Waals surface area contributed by atoms with Crippen LogP contribution < -0.4 is 0 Å². The number of esters is 1. The first-order chi connectivity index (χ1) is 4.77. The number of carbonyl (C=O) groups excluding carboxylic acids is 1. The number of allylic oxidation sites excluding steroid dienone is 1. The number of rotatable bonds is 0. The van der Waals surface area contributed by atoms with E-state index in [0.717, 1.165) is 6.42 Å². The molecule has 2 nitrogen and oxygen atoms in total. The molecule has 2 aliphatic rings. The van der Waals surface area contributed by atoms with Gasteiger partial charge in [0.15, 0.2) is 0 Å². The fourth-order valence-corrected chi connectivity index (χ4v) is 1.61. The molecule has 0 saturated carbocycles. The first kappa shape index (κ1) is 5.96. The number of ether oxygens (including phenoxy) is 1. The van der Waals surface area contributed by atoms with Crippen LogP contribution in [0.2, 0.25) is 0 Å². The third kappa shape index (κ3) is 0.681. The predicted molar refractivity (Wildman–Crippen MR) is 36.3 cm³/mol. The SMILES string of the molecule is C[C@@H]1C=C[C@H]2C[C@@H]1C(=O)O2. The lowest BCUT2D eigenvalue weighted by molar-refractivity contribution is -0.143. The van der Waals surface area contributed by atoms with Crippen LogP contribution in [0.3, 0.4) is 0 Å². The van der Waals surface area contributed by atoms with Crippen molar-refractivity contribution in [1.29, 1.82) is 0 Å². The Morgan fingerprint density at radius 2 is 2.40 bits per heavy atom. The lowest BCUT2D eigenvalue weighted by Crippen LogP contribution is -2.16. The van der Waals surface area contributed by atoms with E-state index in [9.17, 15) is 4.79 Å². The topological polar surface area (TPSA) is 26.3 Å². The Kier molecular flexibility index (Phi) is 1.10. The standard InChI is InChI=1S/C8H10O2/c1-5-2-3-6-4-7(5)8(9)10-6/h2-3,5-7H,4H2,1H3/t5-,6+,7+/m1/s1. The predicted octanol–water partition coefficient (Wildman–Crippen LogP) is 1.12. The molecule has 0 unspecified atom stereocenters. The molecule has 3 atom stereocenters. The Morgan fingerprint density at radius 3 is 3.10 bits per heavy atom. The fraction of sp³-hybridized carbons (Fsp3) is 0.625. The van der Waals surface area contributed by atoms with Crippen molar-refractivity contribution in [3.8, 4) is 0 Å². The van der Waals surface area contributed by atoms with Crippen LogP contribution in [0.15, 0.2) is 12.2 Å². The lowest BCUT2D eigenvalue weighted by atomic mass is 9.87. The van der Waals surface area contributed by atoms with Crippen molar-refractivity contribution in [3.05, 3.63) is 12.2 Å². The molecule has 2 bridgehead atoms. The Morgan fingerprint density at radius 1 is 1.60 bits per heavy atom. The van der Waals surface area contributed by atoms with Crippen molar-refractivity contribution in [3.63, 3.8) is 0 Å². The van der Waals surface area contributed by atoms with Crippen LogP contribution in [0.1, 0.15) is 13.3 Å². The summed E-state index contributed by atoms with van der Waals surface area (Å²) in [5.74, 6) is 0.517. The van der Waals surface area contributed by atoms with E-state index < -0.39 is 0 Å². The molecule has 1 fully saturated rings. The second-order valence-corrected chi connectivity index (χ2v) is 3.06. The van der Waals surface area contributed by atoms with Gasteiger partial charge in [-0.05, 0) is 12.0 Å². The summed E-state index contributed by atoms with van der Waals surface area (Å²) in [5.41, 5.74) is 0. The molecule has 0 aromatic heterocycles. The maximum Gasteiger partial charge on any atom is 0.310 e. The molecule has 1 heterocycles. The summed E-state index contributed by atoms with van der Waals surface area (Å²) in [5, 5.41) is 0. The third-order valence-electron chi connectivity index (χ3n) is 2.32. The summed E-state index contributed by atoms with van der Waals surface area (Å²) < 4.78 is 5.03. The van der Waals surface area contributed by atoms with Crippen LogP contribution in [-0.2, 0) is 9.53 Å². The van der Waals surface area contributed by atoms with Gasteiger partial charge in [0.2, 0.25) is 0 Å². The summed E-state index contributed by atoms with van der Waals surface area (Å²) in [6.07, 6.45) is 5.06. The second-order valence-electron chi connectivity index (χ2n) is 3.06. The highest BCUT2D eigenvalue weighted by molar-refractivity contribution is 5.76. The van der Waals surface area contributed by atoms with Gasteiger partial charge in [0.05, 0.1) is 5.92 Å². The lowest BCUT2D eigenvalue weighted by Gasteiger charge is -2.13. The summed E-state index contributed by atoms with van der Waals surface area (Å²) in [4.78, 5) is 11.0. The van der Waals surface area contributed by atoms with Gasteiger partial charge in [-0.3, -0.25) is 4.79 Å². The van der Waals surface area contributed by atoms with Gasteiger partial charge in [-0.15, -0.1) is 0 Å². The minimum absolute atomic E-state index is 0.0116. The van der Waals surface area contributed by atoms with Crippen LogP contribution in [0.25, 0.3) is 0 Å². The monoisotopic (exact) mass is 138 g/mol. The molecule has 2 rings (SSSR count). The third-order valence-corrected chi connectivity index (χ3v) is 2.32. The molecule has 1 aliphatic heterocycles. The zero-order valence-corrected chi connectivity index (χ0v) is 5.91. The van der Waals surface area contributed by atoms with Gasteiger partial charge >= 0.3 is 5.97 Å². The average Bonchev–Trinajstić information content (AvgIpc) is 2.21. The molecule has 10 heavy (non-hydrogen) atoms. The molecular formula is C8H10O2. The maximum atomic E-state index is 11.0. The number of hydrogen-bond acceptors (Lipinski definition) is 2. The van der Waals surface area contributed by atoms with E-state index in [1.165, 1.54) is 0 Å². The van der Waals surface area contributed by atoms with Crippen LogP contribution in [0, 0.1) is 11.8 Å². The van der Waals surface area contributed by atoms with Crippen molar-refractivity contribution in [1.82, 2.24) is 0 Å². The van der Waals surface area contributed by atoms with Gasteiger partial charge in [0, 0.05) is 6.42 Å². The summed E-state index contributed by atoms with van der Waals surface area (Å²) >= 11 is 0. The van der Waals surface area contributed by atoms with Crippen LogP contribution in [0.5, 0.6) is 0 Å². The molecule has 2 heteroatoms. The summed E-state index contributed by atoms with van der Waals surface area (Å²) in [6, 6.07) is 0. The Hall–Kier alpha value is -0.790. The van der Waals surface area contributed by atoms with Gasteiger partial charge in [0.25, 0.3) is 0 Å². The Bertz CT molecular complexity index is 195. The van der Waals surface area contributed by atoms with E-state index in [4.69, 9.17) is 4.74 Å². The normalized spacial score (nSPS) is 43.7. The van der Waals surface area contributed by atoms with Gasteiger partial charge in [0.1, 0.15) is 6.10 Å². The highest BCUT2D eigenvalue weighted by Gasteiger charge is 2.38.